The van der Waals surface area contributed by atoms with Crippen molar-refractivity contribution in [2.24, 2.45) is 0 Å². The maximum absolute atomic E-state index is 3.92. The SMILES string of the molecule is CCC(NC(C)C(C)=C(C)[SiH3])[Si](C)(C)C(C)(C)C. The standard InChI is InChI=1S/C15H35NSi2/c1-10-14(18(8,9)15(5,6)7)16-12(3)11(2)13(4)17/h12,14,16H,10H2,1-9,17H3. The van der Waals surface area contributed by atoms with Gasteiger partial charge in [-0.15, -0.1) is 0 Å². The summed E-state index contributed by atoms with van der Waals surface area (Å²) in [6.45, 7) is 21.5. The summed E-state index contributed by atoms with van der Waals surface area (Å²) in [5.74, 6) is 0. The van der Waals surface area contributed by atoms with E-state index in [2.05, 4.69) is 66.9 Å². The summed E-state index contributed by atoms with van der Waals surface area (Å²) in [5.41, 5.74) is 2.25. The molecule has 0 aromatic rings. The summed E-state index contributed by atoms with van der Waals surface area (Å²) in [7, 11) is -0.116. The lowest BCUT2D eigenvalue weighted by Crippen LogP contribution is -2.58. The van der Waals surface area contributed by atoms with Crippen molar-refractivity contribution < 1.29 is 0 Å². The van der Waals surface area contributed by atoms with E-state index < -0.39 is 8.07 Å². The van der Waals surface area contributed by atoms with Crippen molar-refractivity contribution >= 4 is 18.3 Å². The number of nitrogens with one attached hydrogen (secondary N) is 1. The third kappa shape index (κ3) is 4.35. The maximum Gasteiger partial charge on any atom is 0.0718 e. The van der Waals surface area contributed by atoms with Gasteiger partial charge < -0.3 is 5.32 Å². The van der Waals surface area contributed by atoms with Crippen LogP contribution in [-0.4, -0.2) is 30.0 Å². The van der Waals surface area contributed by atoms with Crippen molar-refractivity contribution in [3.8, 4) is 0 Å². The first-order valence-electron chi connectivity index (χ1n) is 7.35. The van der Waals surface area contributed by atoms with Gasteiger partial charge in [-0.2, -0.15) is 0 Å². The number of rotatable bonds is 5. The molecule has 0 aliphatic heterocycles. The Bertz CT molecular complexity index is 296. The van der Waals surface area contributed by atoms with Crippen molar-refractivity contribution in [3.05, 3.63) is 10.8 Å². The monoisotopic (exact) mass is 285 g/mol. The fourth-order valence-corrected chi connectivity index (χ4v) is 5.38. The van der Waals surface area contributed by atoms with Crippen molar-refractivity contribution in [1.29, 1.82) is 0 Å². The Morgan fingerprint density at radius 3 is 1.94 bits per heavy atom. The summed E-state index contributed by atoms with van der Waals surface area (Å²) in [6.07, 6.45) is 1.24. The highest BCUT2D eigenvalue weighted by Crippen LogP contribution is 2.39. The molecule has 0 saturated carbocycles. The van der Waals surface area contributed by atoms with Crippen LogP contribution in [-0.2, 0) is 0 Å². The van der Waals surface area contributed by atoms with Crippen LogP contribution in [0.5, 0.6) is 0 Å². The van der Waals surface area contributed by atoms with E-state index in [4.69, 9.17) is 0 Å². The molecular weight excluding hydrogens is 250 g/mol. The van der Waals surface area contributed by atoms with Gasteiger partial charge >= 0.3 is 0 Å². The molecule has 2 atom stereocenters. The van der Waals surface area contributed by atoms with E-state index in [0.717, 1.165) is 0 Å². The van der Waals surface area contributed by atoms with Crippen LogP contribution in [0.1, 0.15) is 54.9 Å². The van der Waals surface area contributed by atoms with Gasteiger partial charge in [0.1, 0.15) is 0 Å². The van der Waals surface area contributed by atoms with Crippen LogP contribution >= 0.6 is 0 Å². The molecule has 0 spiro atoms. The van der Waals surface area contributed by atoms with Gasteiger partial charge in [0.15, 0.2) is 0 Å². The topological polar surface area (TPSA) is 12.0 Å². The first-order chi connectivity index (χ1) is 7.95. The summed E-state index contributed by atoms with van der Waals surface area (Å²) in [5, 5.41) is 5.96. The molecule has 3 heteroatoms. The molecule has 0 aromatic heterocycles. The minimum atomic E-state index is -1.30. The van der Waals surface area contributed by atoms with Crippen LogP contribution in [0.4, 0.5) is 0 Å². The van der Waals surface area contributed by atoms with Crippen LogP contribution in [0.3, 0.4) is 0 Å². The van der Waals surface area contributed by atoms with E-state index in [0.29, 0.717) is 16.7 Å². The van der Waals surface area contributed by atoms with E-state index in [1.807, 2.05) is 0 Å². The highest BCUT2D eigenvalue weighted by Gasteiger charge is 2.41. The van der Waals surface area contributed by atoms with Gasteiger partial charge in [-0.25, -0.2) is 0 Å². The predicted octanol–water partition coefficient (Wildman–Crippen LogP) is 3.45. The molecule has 0 aliphatic rings. The molecule has 0 aromatic carbocycles. The first kappa shape index (κ1) is 18.1. The first-order valence-corrected chi connectivity index (χ1v) is 11.4. The molecule has 0 rings (SSSR count). The third-order valence-corrected chi connectivity index (χ3v) is 12.1. The molecule has 1 N–H and O–H groups in total. The lowest BCUT2D eigenvalue weighted by Gasteiger charge is -2.44. The Morgan fingerprint density at radius 2 is 1.67 bits per heavy atom. The minimum Gasteiger partial charge on any atom is -0.310 e. The van der Waals surface area contributed by atoms with Gasteiger partial charge in [0, 0.05) is 21.9 Å². The van der Waals surface area contributed by atoms with Crippen LogP contribution < -0.4 is 5.32 Å². The quantitative estimate of drug-likeness (QED) is 0.763. The second kappa shape index (κ2) is 6.53. The molecular formula is C15H35NSi2. The average molecular weight is 286 g/mol. The van der Waals surface area contributed by atoms with E-state index >= 15 is 0 Å². The maximum atomic E-state index is 3.92. The van der Waals surface area contributed by atoms with Crippen molar-refractivity contribution in [3.63, 3.8) is 0 Å². The van der Waals surface area contributed by atoms with Crippen LogP contribution in [0, 0.1) is 0 Å². The largest absolute Gasteiger partial charge is 0.310 e. The van der Waals surface area contributed by atoms with Crippen molar-refractivity contribution in [1.82, 2.24) is 5.32 Å². The van der Waals surface area contributed by atoms with Crippen molar-refractivity contribution in [2.75, 3.05) is 0 Å². The fourth-order valence-electron chi connectivity index (χ4n) is 2.22. The Hall–Kier alpha value is 0.134. The fraction of sp³-hybridized carbons (Fsp3) is 0.867. The normalized spacial score (nSPS) is 18.5. The highest BCUT2D eigenvalue weighted by atomic mass is 28.3. The lowest BCUT2D eigenvalue weighted by molar-refractivity contribution is 0.525. The Labute approximate surface area is 119 Å². The van der Waals surface area contributed by atoms with Gasteiger partial charge in [0.2, 0.25) is 0 Å². The summed E-state index contributed by atoms with van der Waals surface area (Å²) in [6, 6.07) is 0.529. The van der Waals surface area contributed by atoms with Crippen molar-refractivity contribution in [2.45, 2.75) is 84.7 Å². The molecule has 0 saturated heterocycles. The Kier molecular flexibility index (Phi) is 6.58. The highest BCUT2D eigenvalue weighted by molar-refractivity contribution is 6.81. The molecule has 2 unspecified atom stereocenters. The molecule has 0 heterocycles. The Balaban J connectivity index is 4.99. The predicted molar refractivity (Wildman–Crippen MR) is 92.2 cm³/mol. The molecule has 0 aliphatic carbocycles. The molecule has 0 amide bonds. The van der Waals surface area contributed by atoms with Crippen LogP contribution in [0.15, 0.2) is 10.8 Å². The van der Waals surface area contributed by atoms with Gasteiger partial charge in [0.25, 0.3) is 0 Å². The minimum absolute atomic E-state index is 0.452. The van der Waals surface area contributed by atoms with Crippen LogP contribution in [0.2, 0.25) is 18.1 Å². The molecule has 108 valence electrons. The molecule has 1 nitrogen and oxygen atoms in total. The zero-order valence-corrected chi connectivity index (χ0v) is 17.4. The number of allylic oxidation sites excluding steroid dienone is 1. The molecule has 0 fully saturated rings. The van der Waals surface area contributed by atoms with E-state index in [-0.39, 0.29) is 0 Å². The zero-order valence-electron chi connectivity index (χ0n) is 14.4. The van der Waals surface area contributed by atoms with Gasteiger partial charge in [-0.1, -0.05) is 51.6 Å². The smallest absolute Gasteiger partial charge is 0.0718 e. The van der Waals surface area contributed by atoms with E-state index in [9.17, 15) is 0 Å². The summed E-state index contributed by atoms with van der Waals surface area (Å²) >= 11 is 0. The van der Waals surface area contributed by atoms with Gasteiger partial charge in [-0.3, -0.25) is 0 Å². The zero-order chi connectivity index (χ0) is 14.7. The third-order valence-electron chi connectivity index (χ3n) is 5.10. The molecule has 18 heavy (non-hydrogen) atoms. The average Bonchev–Trinajstić information content (AvgIpc) is 2.22. The van der Waals surface area contributed by atoms with E-state index in [1.54, 1.807) is 10.8 Å². The van der Waals surface area contributed by atoms with E-state index in [1.165, 1.54) is 16.7 Å². The summed E-state index contributed by atoms with van der Waals surface area (Å²) in [4.78, 5) is 0. The molecule has 0 radical (unpaired) electrons. The second-order valence-electron chi connectivity index (χ2n) is 7.50. The van der Waals surface area contributed by atoms with Gasteiger partial charge in [-0.05, 0) is 32.2 Å². The number of hydrogen-bond acceptors (Lipinski definition) is 1. The Morgan fingerprint density at radius 1 is 1.22 bits per heavy atom. The second-order valence-corrected chi connectivity index (χ2v) is 14.6. The van der Waals surface area contributed by atoms with Gasteiger partial charge in [0.05, 0.1) is 8.07 Å². The lowest BCUT2D eigenvalue weighted by atomic mass is 10.1. The summed E-state index contributed by atoms with van der Waals surface area (Å²) < 4.78 is 0. The number of hydrogen-bond donors (Lipinski definition) is 1. The van der Waals surface area contributed by atoms with Crippen LogP contribution in [0.25, 0.3) is 0 Å². The molecule has 0 bridgehead atoms.